The number of carbonyl (C=O) groups excluding carboxylic acids is 1. The Bertz CT molecular complexity index is 530. The molecule has 0 saturated heterocycles. The number of aliphatic hydroxyl groups excluding tert-OH is 1. The minimum absolute atomic E-state index is 0.0375. The second-order valence-corrected chi connectivity index (χ2v) is 4.39. The Kier molecular flexibility index (Phi) is 5.13. The van der Waals surface area contributed by atoms with Crippen LogP contribution in [0.15, 0.2) is 18.2 Å². The predicted octanol–water partition coefficient (Wildman–Crippen LogP) is 1.68. The van der Waals surface area contributed by atoms with Crippen LogP contribution in [0, 0.1) is 10.1 Å². The maximum absolute atomic E-state index is 11.9. The van der Waals surface area contributed by atoms with Crippen molar-refractivity contribution in [1.29, 1.82) is 0 Å². The molecule has 7 nitrogen and oxygen atoms in total. The highest BCUT2D eigenvalue weighted by molar-refractivity contribution is 9.09. The number of benzene rings is 1. The van der Waals surface area contributed by atoms with E-state index in [4.69, 9.17) is 5.11 Å². The molecule has 0 heterocycles. The van der Waals surface area contributed by atoms with Crippen molar-refractivity contribution >= 4 is 33.4 Å². The van der Waals surface area contributed by atoms with Gasteiger partial charge >= 0.3 is 5.97 Å². The molecule has 8 heteroatoms. The lowest BCUT2D eigenvalue weighted by atomic mass is 9.96. The number of aliphatic hydroxyl groups is 1. The summed E-state index contributed by atoms with van der Waals surface area (Å²) in [6.07, 6.45) is -2.02. The molecular formula is C11H10BrNO6. The van der Waals surface area contributed by atoms with Crippen molar-refractivity contribution in [3.05, 3.63) is 39.4 Å². The predicted molar refractivity (Wildman–Crippen MR) is 68.4 cm³/mol. The second kappa shape index (κ2) is 6.39. The molecule has 1 aromatic carbocycles. The molecule has 1 rings (SSSR count). The number of hydrogen-bond donors (Lipinski definition) is 2. The fourth-order valence-corrected chi connectivity index (χ4v) is 1.95. The Morgan fingerprint density at radius 2 is 2.05 bits per heavy atom. The highest BCUT2D eigenvalue weighted by atomic mass is 79.9. The zero-order chi connectivity index (χ0) is 14.6. The number of nitro groups is 1. The molecular weight excluding hydrogens is 322 g/mol. The summed E-state index contributed by atoms with van der Waals surface area (Å²) in [6, 6.07) is 3.51. The molecule has 1 aromatic rings. The summed E-state index contributed by atoms with van der Waals surface area (Å²) in [6.45, 7) is 0. The molecule has 0 spiro atoms. The third-order valence-corrected chi connectivity index (χ3v) is 2.80. The number of nitro benzene ring substituents is 1. The van der Waals surface area contributed by atoms with Gasteiger partial charge in [0.1, 0.15) is 5.56 Å². The minimum Gasteiger partial charge on any atom is -0.479 e. The Hall–Kier alpha value is -1.80. The number of Topliss-reactive ketones (excluding diaryl/α,β-unsaturated/α-hetero) is 1. The van der Waals surface area contributed by atoms with E-state index in [9.17, 15) is 24.8 Å². The van der Waals surface area contributed by atoms with Gasteiger partial charge < -0.3 is 10.2 Å². The van der Waals surface area contributed by atoms with Gasteiger partial charge in [-0.3, -0.25) is 14.9 Å². The quantitative estimate of drug-likeness (QED) is 0.354. The van der Waals surface area contributed by atoms with Crippen LogP contribution in [0.1, 0.15) is 28.4 Å². The van der Waals surface area contributed by atoms with E-state index >= 15 is 0 Å². The van der Waals surface area contributed by atoms with Gasteiger partial charge in [0.2, 0.25) is 0 Å². The number of carboxylic acid groups (broad SMARTS) is 1. The van der Waals surface area contributed by atoms with Gasteiger partial charge in [-0.1, -0.05) is 28.1 Å². The first kappa shape index (κ1) is 15.3. The van der Waals surface area contributed by atoms with Gasteiger partial charge in [0, 0.05) is 23.4 Å². The van der Waals surface area contributed by atoms with Crippen LogP contribution in [0.4, 0.5) is 5.69 Å². The summed E-state index contributed by atoms with van der Waals surface area (Å²) in [5.41, 5.74) is -1.14. The maximum atomic E-state index is 11.9. The molecule has 0 aliphatic carbocycles. The number of nitrogens with zero attached hydrogens (tertiary/aromatic N) is 1. The molecule has 0 aromatic heterocycles. The van der Waals surface area contributed by atoms with Crippen molar-refractivity contribution in [2.24, 2.45) is 0 Å². The van der Waals surface area contributed by atoms with Crippen LogP contribution in [0.5, 0.6) is 0 Å². The molecule has 0 amide bonds. The molecule has 0 aliphatic heterocycles. The molecule has 0 saturated carbocycles. The summed E-state index contributed by atoms with van der Waals surface area (Å²) < 4.78 is 0. The van der Waals surface area contributed by atoms with E-state index in [1.165, 1.54) is 12.1 Å². The summed E-state index contributed by atoms with van der Waals surface area (Å²) in [7, 11) is 0. The number of aliphatic carboxylic acids is 1. The number of rotatable bonds is 6. The van der Waals surface area contributed by atoms with Crippen LogP contribution in [0.25, 0.3) is 0 Å². The number of carboxylic acids is 1. The first-order chi connectivity index (χ1) is 8.90. The number of hydrogen-bond acceptors (Lipinski definition) is 5. The van der Waals surface area contributed by atoms with E-state index in [0.717, 1.165) is 6.07 Å². The van der Waals surface area contributed by atoms with E-state index < -0.39 is 28.5 Å². The monoisotopic (exact) mass is 331 g/mol. The van der Waals surface area contributed by atoms with Crippen molar-refractivity contribution < 1.29 is 24.7 Å². The molecule has 0 bridgehead atoms. The fraction of sp³-hybridized carbons (Fsp3) is 0.273. The lowest BCUT2D eigenvalue weighted by Gasteiger charge is -2.11. The molecule has 102 valence electrons. The van der Waals surface area contributed by atoms with Gasteiger partial charge in [0.05, 0.1) is 4.92 Å². The molecule has 0 aliphatic rings. The Morgan fingerprint density at radius 3 is 2.53 bits per heavy atom. The van der Waals surface area contributed by atoms with Crippen molar-refractivity contribution in [1.82, 2.24) is 0 Å². The molecule has 19 heavy (non-hydrogen) atoms. The lowest BCUT2D eigenvalue weighted by Crippen LogP contribution is -2.16. The van der Waals surface area contributed by atoms with Crippen molar-refractivity contribution in [3.8, 4) is 0 Å². The number of alkyl halides is 1. The van der Waals surface area contributed by atoms with Crippen molar-refractivity contribution in [2.45, 2.75) is 12.5 Å². The standard InChI is InChI=1S/C11H10BrNO6/c12-5-4-8(14)9-6(10(15)11(16)17)2-1-3-7(9)13(18)19/h1-3,10,15H,4-5H2,(H,16,17). The summed E-state index contributed by atoms with van der Waals surface area (Å²) in [5, 5.41) is 29.4. The van der Waals surface area contributed by atoms with E-state index in [0.29, 0.717) is 0 Å². The van der Waals surface area contributed by atoms with E-state index in [1.54, 1.807) is 0 Å². The molecule has 1 unspecified atom stereocenters. The average molecular weight is 332 g/mol. The Balaban J connectivity index is 3.46. The van der Waals surface area contributed by atoms with Crippen LogP contribution in [0.3, 0.4) is 0 Å². The molecule has 0 radical (unpaired) electrons. The highest BCUT2D eigenvalue weighted by Crippen LogP contribution is 2.28. The van der Waals surface area contributed by atoms with Crippen molar-refractivity contribution in [2.75, 3.05) is 5.33 Å². The number of carbonyl (C=O) groups is 2. The highest BCUT2D eigenvalue weighted by Gasteiger charge is 2.29. The maximum Gasteiger partial charge on any atom is 0.337 e. The Labute approximate surface area is 116 Å². The van der Waals surface area contributed by atoms with Crippen LogP contribution in [-0.2, 0) is 4.79 Å². The number of ketones is 1. The fourth-order valence-electron chi connectivity index (χ4n) is 1.59. The third kappa shape index (κ3) is 3.36. The van der Waals surface area contributed by atoms with Crippen LogP contribution in [-0.4, -0.2) is 32.2 Å². The van der Waals surface area contributed by atoms with Gasteiger partial charge in [-0.15, -0.1) is 0 Å². The van der Waals surface area contributed by atoms with Crippen LogP contribution in [0.2, 0.25) is 0 Å². The summed E-state index contributed by atoms with van der Waals surface area (Å²) in [5.74, 6) is -2.17. The van der Waals surface area contributed by atoms with E-state index in [-0.39, 0.29) is 22.9 Å². The number of halogens is 1. The third-order valence-electron chi connectivity index (χ3n) is 2.40. The van der Waals surface area contributed by atoms with E-state index in [1.807, 2.05) is 0 Å². The Morgan fingerprint density at radius 1 is 1.42 bits per heavy atom. The smallest absolute Gasteiger partial charge is 0.337 e. The zero-order valence-corrected chi connectivity index (χ0v) is 11.2. The summed E-state index contributed by atoms with van der Waals surface area (Å²) in [4.78, 5) is 32.8. The molecule has 1 atom stereocenters. The summed E-state index contributed by atoms with van der Waals surface area (Å²) >= 11 is 3.03. The van der Waals surface area contributed by atoms with Crippen molar-refractivity contribution in [3.63, 3.8) is 0 Å². The normalized spacial score (nSPS) is 11.9. The minimum atomic E-state index is -1.98. The molecule has 2 N–H and O–H groups in total. The lowest BCUT2D eigenvalue weighted by molar-refractivity contribution is -0.385. The first-order valence-electron chi connectivity index (χ1n) is 5.17. The SMILES string of the molecule is O=C(CCBr)c1c(C(O)C(=O)O)cccc1[N+](=O)[O-]. The van der Waals surface area contributed by atoms with Crippen LogP contribution < -0.4 is 0 Å². The zero-order valence-electron chi connectivity index (χ0n) is 9.58. The first-order valence-corrected chi connectivity index (χ1v) is 6.29. The van der Waals surface area contributed by atoms with Gasteiger partial charge in [-0.25, -0.2) is 4.79 Å². The average Bonchev–Trinajstić information content (AvgIpc) is 2.36. The second-order valence-electron chi connectivity index (χ2n) is 3.60. The van der Waals surface area contributed by atoms with Gasteiger partial charge in [-0.05, 0) is 0 Å². The van der Waals surface area contributed by atoms with Gasteiger partial charge in [0.15, 0.2) is 11.9 Å². The largest absolute Gasteiger partial charge is 0.479 e. The topological polar surface area (TPSA) is 118 Å². The molecule has 0 fully saturated rings. The van der Waals surface area contributed by atoms with Gasteiger partial charge in [-0.2, -0.15) is 0 Å². The van der Waals surface area contributed by atoms with Gasteiger partial charge in [0.25, 0.3) is 5.69 Å². The van der Waals surface area contributed by atoms with E-state index in [2.05, 4.69) is 15.9 Å². The van der Waals surface area contributed by atoms with Crippen LogP contribution >= 0.6 is 15.9 Å².